The predicted octanol–water partition coefficient (Wildman–Crippen LogP) is 3.28. The van der Waals surface area contributed by atoms with Crippen molar-refractivity contribution in [3.05, 3.63) is 46.9 Å². The first kappa shape index (κ1) is 13.4. The fraction of sp³-hybridized carbons (Fsp3) is 0.357. The average Bonchev–Trinajstić information content (AvgIpc) is 2.24. The van der Waals surface area contributed by atoms with Crippen LogP contribution in [0.2, 0.25) is 0 Å². The molecule has 92 valence electrons. The lowest BCUT2D eigenvalue weighted by atomic mass is 9.93. The zero-order chi connectivity index (χ0) is 13.0. The van der Waals surface area contributed by atoms with E-state index in [1.165, 1.54) is 12.1 Å². The number of hydrogen-bond donors (Lipinski definition) is 2. The van der Waals surface area contributed by atoms with Crippen molar-refractivity contribution in [1.29, 1.82) is 5.41 Å². The smallest absolute Gasteiger partial charge is 0.123 e. The Labute approximate surface area is 102 Å². The molecule has 1 aromatic rings. The van der Waals surface area contributed by atoms with Crippen molar-refractivity contribution in [3.63, 3.8) is 0 Å². The van der Waals surface area contributed by atoms with E-state index in [0.29, 0.717) is 17.8 Å². The van der Waals surface area contributed by atoms with Crippen molar-refractivity contribution in [2.75, 3.05) is 0 Å². The number of benzene rings is 1. The van der Waals surface area contributed by atoms with Gasteiger partial charge in [0.1, 0.15) is 5.82 Å². The van der Waals surface area contributed by atoms with Crippen LogP contribution in [0.15, 0.2) is 35.5 Å². The van der Waals surface area contributed by atoms with Crippen LogP contribution < -0.4 is 5.73 Å². The van der Waals surface area contributed by atoms with Crippen molar-refractivity contribution in [3.8, 4) is 0 Å². The highest BCUT2D eigenvalue weighted by Gasteiger charge is 2.12. The fourth-order valence-electron chi connectivity index (χ4n) is 1.65. The highest BCUT2D eigenvalue weighted by molar-refractivity contribution is 5.99. The van der Waals surface area contributed by atoms with Gasteiger partial charge in [-0.3, -0.25) is 0 Å². The zero-order valence-corrected chi connectivity index (χ0v) is 10.5. The second-order valence-electron chi connectivity index (χ2n) is 4.54. The van der Waals surface area contributed by atoms with E-state index in [4.69, 9.17) is 11.1 Å². The molecule has 2 nitrogen and oxygen atoms in total. The first-order valence-corrected chi connectivity index (χ1v) is 5.70. The van der Waals surface area contributed by atoms with Crippen LogP contribution in [0.25, 0.3) is 0 Å². The summed E-state index contributed by atoms with van der Waals surface area (Å²) in [6.45, 7) is 5.69. The molecule has 3 heteroatoms. The van der Waals surface area contributed by atoms with Crippen LogP contribution >= 0.6 is 0 Å². The van der Waals surface area contributed by atoms with E-state index in [2.05, 4.69) is 0 Å². The van der Waals surface area contributed by atoms with Crippen LogP contribution in [0.4, 0.5) is 4.39 Å². The fourth-order valence-corrected chi connectivity index (χ4v) is 1.65. The summed E-state index contributed by atoms with van der Waals surface area (Å²) in [4.78, 5) is 0. The molecule has 0 radical (unpaired) electrons. The van der Waals surface area contributed by atoms with Gasteiger partial charge in [0.15, 0.2) is 0 Å². The molecule has 1 aromatic carbocycles. The third kappa shape index (κ3) is 3.70. The van der Waals surface area contributed by atoms with Crippen molar-refractivity contribution in [2.45, 2.75) is 27.2 Å². The number of halogens is 1. The minimum Gasteiger partial charge on any atom is -0.402 e. The molecule has 3 N–H and O–H groups in total. The first-order valence-electron chi connectivity index (χ1n) is 5.70. The average molecular weight is 234 g/mol. The Kier molecular flexibility index (Phi) is 4.44. The van der Waals surface area contributed by atoms with Gasteiger partial charge in [0.2, 0.25) is 0 Å². The molecule has 17 heavy (non-hydrogen) atoms. The molecule has 0 unspecified atom stereocenters. The minimum absolute atomic E-state index is 0.122. The standard InChI is InChI=1S/C14H19FN2/c1-9(2)14(17)13(10(3)16)8-11-5-4-6-12(15)7-11/h4-7,9,17H,8,16H2,1-3H3/b13-10-,17-14?. The van der Waals surface area contributed by atoms with Gasteiger partial charge in [-0.05, 0) is 36.1 Å². The van der Waals surface area contributed by atoms with E-state index in [0.717, 1.165) is 11.1 Å². The van der Waals surface area contributed by atoms with Gasteiger partial charge in [-0.15, -0.1) is 0 Å². The number of hydrogen-bond acceptors (Lipinski definition) is 2. The number of rotatable bonds is 4. The molecule has 0 fully saturated rings. The molecule has 0 aliphatic carbocycles. The summed E-state index contributed by atoms with van der Waals surface area (Å²) in [5, 5.41) is 8.00. The highest BCUT2D eigenvalue weighted by Crippen LogP contribution is 2.16. The van der Waals surface area contributed by atoms with E-state index >= 15 is 0 Å². The summed E-state index contributed by atoms with van der Waals surface area (Å²) in [7, 11) is 0. The molecule has 0 saturated heterocycles. The van der Waals surface area contributed by atoms with Crippen LogP contribution in [0, 0.1) is 17.1 Å². The van der Waals surface area contributed by atoms with E-state index in [1.807, 2.05) is 19.9 Å². The maximum absolute atomic E-state index is 13.1. The van der Waals surface area contributed by atoms with Gasteiger partial charge in [-0.2, -0.15) is 0 Å². The molecule has 0 heterocycles. The normalized spacial score (nSPS) is 12.5. The summed E-state index contributed by atoms with van der Waals surface area (Å²) in [5.41, 5.74) is 8.60. The second kappa shape index (κ2) is 5.62. The van der Waals surface area contributed by atoms with Gasteiger partial charge in [0.25, 0.3) is 0 Å². The Morgan fingerprint density at radius 2 is 2.06 bits per heavy atom. The Balaban J connectivity index is 2.98. The Morgan fingerprint density at radius 1 is 1.41 bits per heavy atom. The molecule has 0 aliphatic rings. The van der Waals surface area contributed by atoms with E-state index < -0.39 is 0 Å². The lowest BCUT2D eigenvalue weighted by Gasteiger charge is -2.14. The van der Waals surface area contributed by atoms with Crippen LogP contribution in [0.3, 0.4) is 0 Å². The van der Waals surface area contributed by atoms with Gasteiger partial charge in [-0.1, -0.05) is 26.0 Å². The summed E-state index contributed by atoms with van der Waals surface area (Å²) < 4.78 is 13.1. The topological polar surface area (TPSA) is 49.9 Å². The first-order chi connectivity index (χ1) is 7.91. The van der Waals surface area contributed by atoms with Crippen LogP contribution in [0.5, 0.6) is 0 Å². The summed E-state index contributed by atoms with van der Waals surface area (Å²) >= 11 is 0. The quantitative estimate of drug-likeness (QED) is 0.772. The lowest BCUT2D eigenvalue weighted by Crippen LogP contribution is -2.16. The van der Waals surface area contributed by atoms with Gasteiger partial charge in [0.05, 0.1) is 0 Å². The molecular formula is C14H19FN2. The molecule has 0 amide bonds. The van der Waals surface area contributed by atoms with Crippen molar-refractivity contribution >= 4 is 5.71 Å². The number of nitrogens with two attached hydrogens (primary N) is 1. The third-order valence-corrected chi connectivity index (χ3v) is 2.65. The minimum atomic E-state index is -0.257. The van der Waals surface area contributed by atoms with Gasteiger partial charge in [-0.25, -0.2) is 4.39 Å². The largest absolute Gasteiger partial charge is 0.402 e. The maximum atomic E-state index is 13.1. The predicted molar refractivity (Wildman–Crippen MR) is 69.6 cm³/mol. The maximum Gasteiger partial charge on any atom is 0.123 e. The molecule has 0 bridgehead atoms. The number of allylic oxidation sites excluding steroid dienone is 2. The second-order valence-corrected chi connectivity index (χ2v) is 4.54. The van der Waals surface area contributed by atoms with Crippen LogP contribution in [-0.4, -0.2) is 5.71 Å². The Morgan fingerprint density at radius 3 is 2.53 bits per heavy atom. The van der Waals surface area contributed by atoms with Gasteiger partial charge >= 0.3 is 0 Å². The van der Waals surface area contributed by atoms with E-state index in [9.17, 15) is 4.39 Å². The van der Waals surface area contributed by atoms with Gasteiger partial charge < -0.3 is 11.1 Å². The third-order valence-electron chi connectivity index (χ3n) is 2.65. The number of nitrogens with one attached hydrogen (secondary N) is 1. The Hall–Kier alpha value is -1.64. The molecule has 0 saturated carbocycles. The monoisotopic (exact) mass is 234 g/mol. The van der Waals surface area contributed by atoms with Crippen LogP contribution in [-0.2, 0) is 6.42 Å². The van der Waals surface area contributed by atoms with Crippen molar-refractivity contribution in [1.82, 2.24) is 0 Å². The van der Waals surface area contributed by atoms with Crippen molar-refractivity contribution in [2.24, 2.45) is 11.7 Å². The Bertz CT molecular complexity index is 443. The van der Waals surface area contributed by atoms with E-state index in [-0.39, 0.29) is 11.7 Å². The molecular weight excluding hydrogens is 215 g/mol. The zero-order valence-electron chi connectivity index (χ0n) is 10.5. The van der Waals surface area contributed by atoms with Gasteiger partial charge in [0, 0.05) is 17.8 Å². The van der Waals surface area contributed by atoms with Crippen LogP contribution in [0.1, 0.15) is 26.3 Å². The summed E-state index contributed by atoms with van der Waals surface area (Å²) in [6.07, 6.45) is 0.511. The molecule has 1 rings (SSSR count). The van der Waals surface area contributed by atoms with E-state index in [1.54, 1.807) is 13.0 Å². The highest BCUT2D eigenvalue weighted by atomic mass is 19.1. The molecule has 0 aliphatic heterocycles. The van der Waals surface area contributed by atoms with Crippen molar-refractivity contribution < 1.29 is 4.39 Å². The SMILES string of the molecule is C/C(N)=C(\Cc1cccc(F)c1)C(=N)C(C)C. The summed E-state index contributed by atoms with van der Waals surface area (Å²) in [6, 6.07) is 6.42. The molecule has 0 atom stereocenters. The molecule has 0 spiro atoms. The molecule has 0 aromatic heterocycles. The summed E-state index contributed by atoms with van der Waals surface area (Å²) in [5.74, 6) is -0.135. The lowest BCUT2D eigenvalue weighted by molar-refractivity contribution is 0.626.